The summed E-state index contributed by atoms with van der Waals surface area (Å²) in [7, 11) is 0. The molecule has 0 fully saturated rings. The first-order chi connectivity index (χ1) is 12.1. The molecule has 2 aromatic heterocycles. The molecule has 0 aliphatic carbocycles. The number of thiazole rings is 1. The highest BCUT2D eigenvalue weighted by Gasteiger charge is 2.15. The first kappa shape index (κ1) is 16.3. The molecule has 0 bridgehead atoms. The molecule has 1 aliphatic rings. The van der Waals surface area contributed by atoms with Crippen molar-refractivity contribution in [3.05, 3.63) is 57.1 Å². The maximum Gasteiger partial charge on any atom is 0.259 e. The summed E-state index contributed by atoms with van der Waals surface area (Å²) in [4.78, 5) is 20.6. The highest BCUT2D eigenvalue weighted by molar-refractivity contribution is 7.14. The zero-order valence-electron chi connectivity index (χ0n) is 12.8. The van der Waals surface area contributed by atoms with Crippen LogP contribution in [-0.2, 0) is 6.42 Å². The van der Waals surface area contributed by atoms with Crippen LogP contribution in [0, 0.1) is 0 Å². The fourth-order valence-electron chi connectivity index (χ4n) is 2.52. The molecule has 0 saturated heterocycles. The molecule has 0 unspecified atom stereocenters. The molecule has 0 spiro atoms. The van der Waals surface area contributed by atoms with E-state index in [9.17, 15) is 4.79 Å². The van der Waals surface area contributed by atoms with E-state index in [1.165, 1.54) is 29.2 Å². The summed E-state index contributed by atoms with van der Waals surface area (Å²) in [6, 6.07) is 7.47. The predicted molar refractivity (Wildman–Crippen MR) is 99.0 cm³/mol. The fourth-order valence-corrected chi connectivity index (χ4v) is 3.51. The lowest BCUT2D eigenvalue weighted by Gasteiger charge is -2.03. The summed E-state index contributed by atoms with van der Waals surface area (Å²) in [5, 5.41) is 5.55. The van der Waals surface area contributed by atoms with Crippen molar-refractivity contribution < 1.29 is 9.53 Å². The first-order valence-corrected chi connectivity index (χ1v) is 9.08. The molecular formula is C17H11Cl2N3O2S. The number of halogens is 2. The van der Waals surface area contributed by atoms with Crippen LogP contribution in [0.2, 0.25) is 10.2 Å². The molecule has 3 aromatic rings. The highest BCUT2D eigenvalue weighted by atomic mass is 35.5. The van der Waals surface area contributed by atoms with Gasteiger partial charge in [0, 0.05) is 23.6 Å². The van der Waals surface area contributed by atoms with Crippen LogP contribution >= 0.6 is 34.5 Å². The van der Waals surface area contributed by atoms with E-state index in [2.05, 4.69) is 21.4 Å². The van der Waals surface area contributed by atoms with Crippen molar-refractivity contribution in [1.29, 1.82) is 0 Å². The summed E-state index contributed by atoms with van der Waals surface area (Å²) in [6.45, 7) is 0.717. The van der Waals surface area contributed by atoms with Gasteiger partial charge in [0.1, 0.15) is 10.9 Å². The second-order valence-electron chi connectivity index (χ2n) is 5.41. The zero-order valence-corrected chi connectivity index (χ0v) is 15.1. The second kappa shape index (κ2) is 6.63. The number of rotatable bonds is 3. The summed E-state index contributed by atoms with van der Waals surface area (Å²) in [5.41, 5.74) is 3.30. The lowest BCUT2D eigenvalue weighted by molar-refractivity contribution is 0.102. The number of pyridine rings is 1. The molecule has 0 saturated carbocycles. The smallest absolute Gasteiger partial charge is 0.259 e. The Kier molecular flexibility index (Phi) is 4.33. The number of ether oxygens (including phenoxy) is 1. The van der Waals surface area contributed by atoms with Gasteiger partial charge in [-0.2, -0.15) is 0 Å². The Bertz CT molecular complexity index is 974. The van der Waals surface area contributed by atoms with Crippen LogP contribution in [0.3, 0.4) is 0 Å². The van der Waals surface area contributed by atoms with E-state index in [0.717, 1.165) is 30.0 Å². The van der Waals surface area contributed by atoms with E-state index in [0.29, 0.717) is 10.7 Å². The average Bonchev–Trinajstić information content (AvgIpc) is 3.25. The third kappa shape index (κ3) is 3.33. The topological polar surface area (TPSA) is 64.1 Å². The molecule has 3 heterocycles. The summed E-state index contributed by atoms with van der Waals surface area (Å²) >= 11 is 13.0. The van der Waals surface area contributed by atoms with Gasteiger partial charge in [0.2, 0.25) is 0 Å². The van der Waals surface area contributed by atoms with E-state index in [-0.39, 0.29) is 16.1 Å². The van der Waals surface area contributed by atoms with Gasteiger partial charge in [-0.1, -0.05) is 23.2 Å². The molecule has 1 aromatic carbocycles. The number of fused-ring (bicyclic) bond motifs is 1. The third-order valence-corrected chi connectivity index (χ3v) is 5.21. The Balaban J connectivity index is 1.53. The molecule has 4 rings (SSSR count). The standard InChI is InChI=1S/C17H11Cl2N3O2S/c18-12-6-11(7-20-15(12)19)16(23)22-17-21-13(8-25-17)9-1-2-14-10(5-9)3-4-24-14/h1-2,5-8H,3-4H2,(H,21,22,23). The van der Waals surface area contributed by atoms with Crippen molar-refractivity contribution in [2.75, 3.05) is 11.9 Å². The molecule has 1 aliphatic heterocycles. The molecule has 5 nitrogen and oxygen atoms in total. The van der Waals surface area contributed by atoms with Crippen molar-refractivity contribution >= 4 is 45.6 Å². The molecule has 8 heteroatoms. The number of hydrogen-bond donors (Lipinski definition) is 1. The molecule has 0 atom stereocenters. The predicted octanol–water partition coefficient (Wildman–Crippen LogP) is 4.70. The van der Waals surface area contributed by atoms with Crippen LogP contribution in [0.1, 0.15) is 15.9 Å². The average molecular weight is 392 g/mol. The van der Waals surface area contributed by atoms with Crippen LogP contribution in [-0.4, -0.2) is 22.5 Å². The van der Waals surface area contributed by atoms with Crippen LogP contribution in [0.15, 0.2) is 35.8 Å². The largest absolute Gasteiger partial charge is 0.493 e. The van der Waals surface area contributed by atoms with E-state index >= 15 is 0 Å². The van der Waals surface area contributed by atoms with Gasteiger partial charge in [0.15, 0.2) is 5.13 Å². The number of carbonyl (C=O) groups excluding carboxylic acids is 1. The van der Waals surface area contributed by atoms with Gasteiger partial charge in [0.05, 0.1) is 22.9 Å². The Hall–Kier alpha value is -2.15. The van der Waals surface area contributed by atoms with E-state index in [1.807, 2.05) is 17.5 Å². The third-order valence-electron chi connectivity index (χ3n) is 3.77. The Morgan fingerprint density at radius 1 is 1.28 bits per heavy atom. The Morgan fingerprint density at radius 3 is 3.00 bits per heavy atom. The minimum absolute atomic E-state index is 0.162. The molecule has 1 amide bonds. The van der Waals surface area contributed by atoms with Crippen LogP contribution in [0.25, 0.3) is 11.3 Å². The second-order valence-corrected chi connectivity index (χ2v) is 7.03. The molecular weight excluding hydrogens is 381 g/mol. The summed E-state index contributed by atoms with van der Waals surface area (Å²) < 4.78 is 5.51. The number of nitrogens with zero attached hydrogens (tertiary/aromatic N) is 2. The summed E-state index contributed by atoms with van der Waals surface area (Å²) in [5.74, 6) is 0.592. The first-order valence-electron chi connectivity index (χ1n) is 7.44. The van der Waals surface area contributed by atoms with Gasteiger partial charge in [0.25, 0.3) is 5.91 Å². The number of carbonyl (C=O) groups is 1. The number of aromatic nitrogens is 2. The van der Waals surface area contributed by atoms with E-state index < -0.39 is 0 Å². The molecule has 126 valence electrons. The number of benzene rings is 1. The van der Waals surface area contributed by atoms with E-state index in [1.54, 1.807) is 0 Å². The molecule has 25 heavy (non-hydrogen) atoms. The fraction of sp³-hybridized carbons (Fsp3) is 0.118. The maximum absolute atomic E-state index is 12.3. The van der Waals surface area contributed by atoms with Crippen molar-refractivity contribution in [3.8, 4) is 17.0 Å². The Morgan fingerprint density at radius 2 is 2.16 bits per heavy atom. The highest BCUT2D eigenvalue weighted by Crippen LogP contribution is 2.32. The van der Waals surface area contributed by atoms with Crippen molar-refractivity contribution in [2.45, 2.75) is 6.42 Å². The lowest BCUT2D eigenvalue weighted by Crippen LogP contribution is -2.12. The van der Waals surface area contributed by atoms with Gasteiger partial charge in [-0.3, -0.25) is 10.1 Å². The van der Waals surface area contributed by atoms with Gasteiger partial charge in [-0.05, 0) is 29.8 Å². The maximum atomic E-state index is 12.3. The lowest BCUT2D eigenvalue weighted by atomic mass is 10.1. The van der Waals surface area contributed by atoms with Crippen LogP contribution < -0.4 is 10.1 Å². The van der Waals surface area contributed by atoms with Gasteiger partial charge in [-0.15, -0.1) is 11.3 Å². The summed E-state index contributed by atoms with van der Waals surface area (Å²) in [6.07, 6.45) is 2.28. The van der Waals surface area contributed by atoms with Crippen LogP contribution in [0.5, 0.6) is 5.75 Å². The Labute approximate surface area is 157 Å². The molecule has 1 N–H and O–H groups in total. The van der Waals surface area contributed by atoms with Gasteiger partial charge >= 0.3 is 0 Å². The van der Waals surface area contributed by atoms with Crippen molar-refractivity contribution in [1.82, 2.24) is 9.97 Å². The number of nitrogens with one attached hydrogen (secondary N) is 1. The number of anilines is 1. The minimum atomic E-state index is -0.339. The van der Waals surface area contributed by atoms with E-state index in [4.69, 9.17) is 27.9 Å². The van der Waals surface area contributed by atoms with Gasteiger partial charge < -0.3 is 4.74 Å². The van der Waals surface area contributed by atoms with Gasteiger partial charge in [-0.25, -0.2) is 9.97 Å². The minimum Gasteiger partial charge on any atom is -0.493 e. The van der Waals surface area contributed by atoms with Crippen molar-refractivity contribution in [3.63, 3.8) is 0 Å². The molecule has 0 radical (unpaired) electrons. The SMILES string of the molecule is O=C(Nc1nc(-c2ccc3c(c2)CCO3)cs1)c1cnc(Cl)c(Cl)c1. The number of hydrogen-bond acceptors (Lipinski definition) is 5. The quantitative estimate of drug-likeness (QED) is 0.657. The zero-order chi connectivity index (χ0) is 17.4. The normalized spacial score (nSPS) is 12.6. The van der Waals surface area contributed by atoms with Crippen molar-refractivity contribution in [2.24, 2.45) is 0 Å². The van der Waals surface area contributed by atoms with Crippen LogP contribution in [0.4, 0.5) is 5.13 Å². The number of amides is 1. The monoisotopic (exact) mass is 391 g/mol.